The van der Waals surface area contributed by atoms with Gasteiger partial charge in [-0.2, -0.15) is 0 Å². The lowest BCUT2D eigenvalue weighted by molar-refractivity contribution is 0.268. The summed E-state index contributed by atoms with van der Waals surface area (Å²) in [5.41, 5.74) is 4.50. The molecule has 3 heteroatoms. The molecule has 4 rings (SSSR count). The van der Waals surface area contributed by atoms with Crippen LogP contribution in [-0.4, -0.2) is 11.0 Å². The third-order valence-electron chi connectivity index (χ3n) is 6.31. The topological polar surface area (TPSA) is 24.4 Å². The van der Waals surface area contributed by atoms with E-state index in [4.69, 9.17) is 5.10 Å². The Labute approximate surface area is 169 Å². The summed E-state index contributed by atoms with van der Waals surface area (Å²) in [6, 6.07) is 32.8. The minimum absolute atomic E-state index is 0.109. The van der Waals surface area contributed by atoms with Gasteiger partial charge >= 0.3 is 0 Å². The summed E-state index contributed by atoms with van der Waals surface area (Å²) in [5, 5.41) is 9.10. The number of nitrogens with one attached hydrogen (secondary N) is 1. The highest BCUT2D eigenvalue weighted by Gasteiger charge is 2.62. The summed E-state index contributed by atoms with van der Waals surface area (Å²) in [6.45, 7) is 9.16. The summed E-state index contributed by atoms with van der Waals surface area (Å²) in [6.07, 6.45) is 0. The molecular weight excluding hydrogens is 359 g/mol. The molecule has 0 bridgehead atoms. The van der Waals surface area contributed by atoms with Crippen LogP contribution in [0.4, 0.5) is 0 Å². The molecule has 1 heterocycles. The van der Waals surface area contributed by atoms with Crippen LogP contribution in [0.5, 0.6) is 0 Å². The van der Waals surface area contributed by atoms with Gasteiger partial charge in [0.05, 0.1) is 11.0 Å². The Hall–Kier alpha value is -2.44. The van der Waals surface area contributed by atoms with Crippen molar-refractivity contribution < 1.29 is 0 Å². The lowest BCUT2D eigenvalue weighted by Gasteiger charge is -2.38. The lowest BCUT2D eigenvalue weighted by Crippen LogP contribution is -2.50. The number of hydrogen-bond acceptors (Lipinski definition) is 2. The van der Waals surface area contributed by atoms with E-state index in [1.54, 1.807) is 0 Å². The van der Waals surface area contributed by atoms with Gasteiger partial charge in [-0.25, -0.2) is 0 Å². The van der Waals surface area contributed by atoms with Crippen LogP contribution in [0.3, 0.4) is 0 Å². The molecule has 0 unspecified atom stereocenters. The van der Waals surface area contributed by atoms with Crippen molar-refractivity contribution in [3.63, 3.8) is 0 Å². The molecular formula is C25H28N2P+. The fourth-order valence-corrected chi connectivity index (χ4v) is 8.82. The highest BCUT2D eigenvalue weighted by atomic mass is 31.2. The molecule has 1 aliphatic rings. The maximum absolute atomic E-state index is 5.06. The average Bonchev–Trinajstić information content (AvgIpc) is 2.94. The van der Waals surface area contributed by atoms with Crippen LogP contribution in [0.1, 0.15) is 27.7 Å². The number of hydrazone groups is 1. The van der Waals surface area contributed by atoms with Gasteiger partial charge in [0.25, 0.3) is 0 Å². The molecule has 142 valence electrons. The zero-order valence-electron chi connectivity index (χ0n) is 17.1. The Morgan fingerprint density at radius 2 is 0.964 bits per heavy atom. The summed E-state index contributed by atoms with van der Waals surface area (Å²) in [5.74, 6) is 0. The Morgan fingerprint density at radius 3 is 1.25 bits per heavy atom. The van der Waals surface area contributed by atoms with E-state index in [0.29, 0.717) is 0 Å². The number of nitrogens with zero attached hydrogens (tertiary/aromatic N) is 1. The Kier molecular flexibility index (Phi) is 4.63. The van der Waals surface area contributed by atoms with Crippen molar-refractivity contribution >= 4 is 28.6 Å². The molecule has 0 amide bonds. The fourth-order valence-electron chi connectivity index (χ4n) is 4.01. The molecule has 0 atom stereocenters. The van der Waals surface area contributed by atoms with Crippen molar-refractivity contribution in [2.45, 2.75) is 33.2 Å². The monoisotopic (exact) mass is 387 g/mol. The van der Waals surface area contributed by atoms with Crippen molar-refractivity contribution in [2.24, 2.45) is 10.5 Å². The Balaban J connectivity index is 2.12. The van der Waals surface area contributed by atoms with Crippen LogP contribution in [0.15, 0.2) is 96.1 Å². The average molecular weight is 387 g/mol. The van der Waals surface area contributed by atoms with Crippen molar-refractivity contribution in [1.29, 1.82) is 0 Å². The van der Waals surface area contributed by atoms with E-state index in [-0.39, 0.29) is 11.0 Å². The van der Waals surface area contributed by atoms with Crippen LogP contribution >= 0.6 is 7.26 Å². The van der Waals surface area contributed by atoms with Crippen molar-refractivity contribution in [3.8, 4) is 0 Å². The predicted octanol–water partition coefficient (Wildman–Crippen LogP) is 4.70. The molecule has 28 heavy (non-hydrogen) atoms. The second-order valence-corrected chi connectivity index (χ2v) is 11.8. The van der Waals surface area contributed by atoms with E-state index in [1.807, 2.05) is 0 Å². The van der Waals surface area contributed by atoms with Crippen LogP contribution in [0.2, 0.25) is 0 Å². The van der Waals surface area contributed by atoms with Crippen LogP contribution in [0, 0.1) is 5.41 Å². The molecule has 0 spiro atoms. The number of rotatable bonds is 4. The lowest BCUT2D eigenvalue weighted by atomic mass is 9.77. The maximum atomic E-state index is 5.06. The normalized spacial score (nSPS) is 17.6. The molecule has 0 fully saturated rings. The van der Waals surface area contributed by atoms with Crippen LogP contribution in [-0.2, 0) is 0 Å². The quantitative estimate of drug-likeness (QED) is 0.645. The summed E-state index contributed by atoms with van der Waals surface area (Å²) < 4.78 is 0. The smallest absolute Gasteiger partial charge is 0.200 e. The Morgan fingerprint density at radius 1 is 0.607 bits per heavy atom. The van der Waals surface area contributed by atoms with Gasteiger partial charge in [-0.05, 0) is 64.1 Å². The molecule has 1 N–H and O–H groups in total. The molecule has 0 aliphatic carbocycles. The van der Waals surface area contributed by atoms with E-state index in [9.17, 15) is 0 Å². The standard InChI is InChI=1S/C25H28N2P/c1-24(2)23(26-27-25(24,3)4)28(20-14-8-5-9-15-20,21-16-10-6-11-17-21)22-18-12-7-13-19-22/h5-19,27H,1-4H3/q+1. The zero-order chi connectivity index (χ0) is 19.8. The van der Waals surface area contributed by atoms with Gasteiger partial charge in [0.2, 0.25) is 0 Å². The highest BCUT2D eigenvalue weighted by Crippen LogP contribution is 2.63. The number of benzene rings is 3. The second kappa shape index (κ2) is 6.87. The zero-order valence-corrected chi connectivity index (χ0v) is 17.9. The van der Waals surface area contributed by atoms with Gasteiger partial charge < -0.3 is 0 Å². The SMILES string of the molecule is CC1(C)NN=C([P+](c2ccccc2)(c2ccccc2)c2ccccc2)C1(C)C. The molecule has 3 aromatic carbocycles. The van der Waals surface area contributed by atoms with Crippen LogP contribution < -0.4 is 21.3 Å². The molecule has 0 saturated heterocycles. The van der Waals surface area contributed by atoms with Crippen molar-refractivity contribution in [2.75, 3.05) is 0 Å². The third-order valence-corrected chi connectivity index (χ3v) is 10.8. The van der Waals surface area contributed by atoms with Gasteiger partial charge in [0.1, 0.15) is 15.9 Å². The molecule has 0 aromatic heterocycles. The van der Waals surface area contributed by atoms with E-state index >= 15 is 0 Å². The van der Waals surface area contributed by atoms with Gasteiger partial charge in [-0.1, -0.05) is 54.6 Å². The molecule has 3 aromatic rings. The minimum Gasteiger partial charge on any atom is -0.300 e. The first-order chi connectivity index (χ1) is 13.4. The van der Waals surface area contributed by atoms with Crippen molar-refractivity contribution in [3.05, 3.63) is 91.0 Å². The second-order valence-electron chi connectivity index (χ2n) is 8.47. The summed E-state index contributed by atoms with van der Waals surface area (Å²) >= 11 is 0. The first kappa shape index (κ1) is 18.9. The maximum Gasteiger partial charge on any atom is 0.200 e. The van der Waals surface area contributed by atoms with E-state index < -0.39 is 7.26 Å². The van der Waals surface area contributed by atoms with E-state index in [2.05, 4.69) is 124 Å². The first-order valence-corrected chi connectivity index (χ1v) is 11.6. The van der Waals surface area contributed by atoms with Crippen LogP contribution in [0.25, 0.3) is 0 Å². The fraction of sp³-hybridized carbons (Fsp3) is 0.240. The first-order valence-electron chi connectivity index (χ1n) is 9.82. The molecule has 0 saturated carbocycles. The number of hydrogen-bond donors (Lipinski definition) is 1. The highest BCUT2D eigenvalue weighted by molar-refractivity contribution is 8.08. The summed E-state index contributed by atoms with van der Waals surface area (Å²) in [7, 11) is -2.11. The van der Waals surface area contributed by atoms with Gasteiger partial charge in [0.15, 0.2) is 12.7 Å². The van der Waals surface area contributed by atoms with Crippen molar-refractivity contribution in [1.82, 2.24) is 5.43 Å². The van der Waals surface area contributed by atoms with Gasteiger partial charge in [-0.15, -0.1) is 5.10 Å². The predicted molar refractivity (Wildman–Crippen MR) is 124 cm³/mol. The Bertz CT molecular complexity index is 880. The van der Waals surface area contributed by atoms with Gasteiger partial charge in [-0.3, -0.25) is 5.43 Å². The van der Waals surface area contributed by atoms with E-state index in [1.165, 1.54) is 21.4 Å². The third kappa shape index (κ3) is 2.71. The van der Waals surface area contributed by atoms with E-state index in [0.717, 1.165) is 0 Å². The molecule has 0 radical (unpaired) electrons. The molecule has 2 nitrogen and oxygen atoms in total. The van der Waals surface area contributed by atoms with Gasteiger partial charge in [0, 0.05) is 0 Å². The minimum atomic E-state index is -2.11. The molecule has 1 aliphatic heterocycles. The summed E-state index contributed by atoms with van der Waals surface area (Å²) in [4.78, 5) is 0. The largest absolute Gasteiger partial charge is 0.300 e.